The van der Waals surface area contributed by atoms with E-state index >= 15 is 0 Å². The van der Waals surface area contributed by atoms with E-state index in [2.05, 4.69) is 25.1 Å². The van der Waals surface area contributed by atoms with Crippen molar-refractivity contribution in [3.05, 3.63) is 46.7 Å². The van der Waals surface area contributed by atoms with Crippen LogP contribution in [-0.2, 0) is 15.8 Å². The molecule has 1 N–H and O–H groups in total. The fraction of sp³-hybridized carbons (Fsp3) is 0.444. The number of H-pyrrole nitrogens is 1. The molecule has 0 spiro atoms. The van der Waals surface area contributed by atoms with Crippen LogP contribution in [0.5, 0.6) is 0 Å². The minimum atomic E-state index is -3.57. The van der Waals surface area contributed by atoms with Crippen LogP contribution in [0, 0.1) is 18.7 Å². The molecule has 1 aliphatic rings. The largest absolute Gasteiger partial charge is 0.340 e. The average molecular weight is 455 g/mol. The van der Waals surface area contributed by atoms with E-state index in [4.69, 9.17) is 16.1 Å². The second-order valence-corrected chi connectivity index (χ2v) is 9.69. The number of nitrogens with one attached hydrogen (secondary N) is 1. The van der Waals surface area contributed by atoms with E-state index in [1.54, 1.807) is 6.92 Å². The Labute approximate surface area is 177 Å². The molecule has 30 heavy (non-hydrogen) atoms. The Balaban J connectivity index is 1.49. The Bertz CT molecular complexity index is 1150. The van der Waals surface area contributed by atoms with Crippen LogP contribution in [0.3, 0.4) is 0 Å². The number of halogens is 2. The van der Waals surface area contributed by atoms with E-state index in [0.717, 1.165) is 11.9 Å². The summed E-state index contributed by atoms with van der Waals surface area (Å²) in [6.07, 6.45) is 1.69. The molecule has 3 aromatic rings. The lowest BCUT2D eigenvalue weighted by Crippen LogP contribution is -2.42. The van der Waals surface area contributed by atoms with Crippen molar-refractivity contribution in [1.29, 1.82) is 0 Å². The molecule has 4 rings (SSSR count). The molecule has 1 saturated heterocycles. The summed E-state index contributed by atoms with van der Waals surface area (Å²) in [5, 5.41) is 3.99. The van der Waals surface area contributed by atoms with Gasteiger partial charge in [-0.1, -0.05) is 23.7 Å². The highest BCUT2D eigenvalue weighted by Crippen LogP contribution is 2.37. The van der Waals surface area contributed by atoms with Gasteiger partial charge in [0.25, 0.3) is 0 Å². The first-order valence-corrected chi connectivity index (χ1v) is 11.4. The molecule has 1 aliphatic heterocycles. The maximum Gasteiger partial charge on any atom is 0.223 e. The fourth-order valence-corrected chi connectivity index (χ4v) is 5.44. The van der Waals surface area contributed by atoms with E-state index in [9.17, 15) is 12.8 Å². The monoisotopic (exact) mass is 454 g/mol. The van der Waals surface area contributed by atoms with Crippen LogP contribution in [0.4, 0.5) is 4.39 Å². The molecule has 12 heteroatoms. The summed E-state index contributed by atoms with van der Waals surface area (Å²) in [5.74, 6) is 0.181. The minimum absolute atomic E-state index is 0.00179. The summed E-state index contributed by atoms with van der Waals surface area (Å²) < 4.78 is 44.9. The van der Waals surface area contributed by atoms with E-state index in [0.29, 0.717) is 42.1 Å². The number of hydrogen-bond donors (Lipinski definition) is 1. The smallest absolute Gasteiger partial charge is 0.223 e. The number of pyridine rings is 1. The molecule has 0 unspecified atom stereocenters. The van der Waals surface area contributed by atoms with Gasteiger partial charge >= 0.3 is 0 Å². The number of imidazole rings is 1. The number of aryl methyl sites for hydroxylation is 1. The number of piperidine rings is 1. The number of aromatic amines is 1. The summed E-state index contributed by atoms with van der Waals surface area (Å²) in [4.78, 5) is 15.5. The Morgan fingerprint density at radius 2 is 2.17 bits per heavy atom. The van der Waals surface area contributed by atoms with E-state index < -0.39 is 15.8 Å². The predicted molar refractivity (Wildman–Crippen MR) is 107 cm³/mol. The molecule has 9 nitrogen and oxygen atoms in total. The van der Waals surface area contributed by atoms with Gasteiger partial charge in [0.2, 0.25) is 15.9 Å². The Morgan fingerprint density at radius 3 is 2.80 bits per heavy atom. The highest BCUT2D eigenvalue weighted by Gasteiger charge is 2.36. The molecule has 0 aromatic carbocycles. The van der Waals surface area contributed by atoms with Gasteiger partial charge < -0.3 is 9.51 Å². The highest BCUT2D eigenvalue weighted by molar-refractivity contribution is 7.88. The standard InChI is InChI=1S/C18H20ClFN6O3S/c1-10-8-26(30(27,28)9-15-22-11(2)29-25-15)6-5-13(10)16-17(19)24-18(23-16)14-4-3-12(20)7-21-14/h3-4,7,10,13H,5-6,8-9H2,1-2H3,(H,23,24)/t10-,13+/m0/s1. The van der Waals surface area contributed by atoms with Gasteiger partial charge in [-0.15, -0.1) is 0 Å². The van der Waals surface area contributed by atoms with Crippen LogP contribution >= 0.6 is 11.6 Å². The molecule has 160 valence electrons. The van der Waals surface area contributed by atoms with Crippen molar-refractivity contribution < 1.29 is 17.3 Å². The molecule has 3 aromatic heterocycles. The number of sulfonamides is 1. The van der Waals surface area contributed by atoms with E-state index in [-0.39, 0.29) is 23.4 Å². The second kappa shape index (κ2) is 8.05. The SMILES string of the molecule is Cc1nc(CS(=O)(=O)N2CC[C@@H](c3[nH]c(-c4ccc(F)cn4)nc3Cl)[C@@H](C)C2)no1. The first-order valence-electron chi connectivity index (χ1n) is 9.37. The predicted octanol–water partition coefficient (Wildman–Crippen LogP) is 2.91. The van der Waals surface area contributed by atoms with Crippen LogP contribution in [0.1, 0.15) is 36.7 Å². The maximum atomic E-state index is 13.1. The third-order valence-corrected chi connectivity index (χ3v) is 7.20. The number of hydrogen-bond acceptors (Lipinski definition) is 7. The van der Waals surface area contributed by atoms with Crippen molar-refractivity contribution in [2.75, 3.05) is 13.1 Å². The topological polar surface area (TPSA) is 118 Å². The number of nitrogens with zero attached hydrogens (tertiary/aromatic N) is 5. The van der Waals surface area contributed by atoms with Gasteiger partial charge in [-0.25, -0.2) is 27.1 Å². The van der Waals surface area contributed by atoms with Gasteiger partial charge in [0.05, 0.1) is 11.9 Å². The number of rotatable bonds is 5. The normalized spacial score (nSPS) is 20.5. The molecule has 0 amide bonds. The van der Waals surface area contributed by atoms with Crippen molar-refractivity contribution in [3.8, 4) is 11.5 Å². The fourth-order valence-electron chi connectivity index (χ4n) is 3.69. The number of aromatic nitrogens is 5. The van der Waals surface area contributed by atoms with Crippen molar-refractivity contribution in [3.63, 3.8) is 0 Å². The molecule has 0 saturated carbocycles. The lowest BCUT2D eigenvalue weighted by Gasteiger charge is -2.35. The Hall–Kier alpha value is -2.37. The third kappa shape index (κ3) is 4.23. The van der Waals surface area contributed by atoms with E-state index in [1.165, 1.54) is 16.4 Å². The average Bonchev–Trinajstić information content (AvgIpc) is 3.27. The van der Waals surface area contributed by atoms with Crippen LogP contribution in [0.15, 0.2) is 22.9 Å². The van der Waals surface area contributed by atoms with Crippen LogP contribution in [-0.4, -0.2) is 50.9 Å². The summed E-state index contributed by atoms with van der Waals surface area (Å²) in [6.45, 7) is 4.26. The van der Waals surface area contributed by atoms with Gasteiger partial charge in [-0.05, 0) is 24.5 Å². The zero-order valence-electron chi connectivity index (χ0n) is 16.3. The second-order valence-electron chi connectivity index (χ2n) is 7.37. The molecule has 0 aliphatic carbocycles. The lowest BCUT2D eigenvalue weighted by atomic mass is 9.86. The van der Waals surface area contributed by atoms with Crippen molar-refractivity contribution in [1.82, 2.24) is 29.4 Å². The maximum absolute atomic E-state index is 13.1. The van der Waals surface area contributed by atoms with Crippen molar-refractivity contribution in [2.24, 2.45) is 5.92 Å². The van der Waals surface area contributed by atoms with Gasteiger partial charge in [0, 0.05) is 25.9 Å². The first-order chi connectivity index (χ1) is 14.2. The van der Waals surface area contributed by atoms with Gasteiger partial charge in [0.15, 0.2) is 16.8 Å². The van der Waals surface area contributed by atoms with Crippen LogP contribution in [0.25, 0.3) is 11.5 Å². The van der Waals surface area contributed by atoms with E-state index in [1.807, 2.05) is 6.92 Å². The van der Waals surface area contributed by atoms with Crippen LogP contribution in [0.2, 0.25) is 5.15 Å². The summed E-state index contributed by atoms with van der Waals surface area (Å²) in [6, 6.07) is 2.82. The quantitative estimate of drug-likeness (QED) is 0.629. The highest BCUT2D eigenvalue weighted by atomic mass is 35.5. The van der Waals surface area contributed by atoms with Gasteiger partial charge in [-0.2, -0.15) is 4.98 Å². The summed E-state index contributed by atoms with van der Waals surface area (Å²) >= 11 is 6.36. The molecule has 1 fully saturated rings. The minimum Gasteiger partial charge on any atom is -0.340 e. The molecular formula is C18H20ClFN6O3S. The molecule has 4 heterocycles. The first kappa shape index (κ1) is 20.9. The van der Waals surface area contributed by atoms with Crippen LogP contribution < -0.4 is 0 Å². The molecular weight excluding hydrogens is 435 g/mol. The zero-order chi connectivity index (χ0) is 21.5. The third-order valence-electron chi connectivity index (χ3n) is 5.17. The molecule has 0 radical (unpaired) electrons. The lowest BCUT2D eigenvalue weighted by molar-refractivity contribution is 0.245. The summed E-state index contributed by atoms with van der Waals surface area (Å²) in [7, 11) is -3.57. The van der Waals surface area contributed by atoms with Crippen molar-refractivity contribution in [2.45, 2.75) is 31.9 Å². The molecule has 0 bridgehead atoms. The van der Waals surface area contributed by atoms with Crippen molar-refractivity contribution >= 4 is 21.6 Å². The zero-order valence-corrected chi connectivity index (χ0v) is 17.9. The summed E-state index contributed by atoms with van der Waals surface area (Å²) in [5.41, 5.74) is 1.21. The Kier molecular flexibility index (Phi) is 5.60. The van der Waals surface area contributed by atoms with Gasteiger partial charge in [0.1, 0.15) is 17.3 Å². The molecule has 2 atom stereocenters. The Morgan fingerprint density at radius 1 is 1.37 bits per heavy atom. The van der Waals surface area contributed by atoms with Gasteiger partial charge in [-0.3, -0.25) is 0 Å².